The molecule has 2 rings (SSSR count). The van der Waals surface area contributed by atoms with Crippen molar-refractivity contribution in [3.05, 3.63) is 17.0 Å². The van der Waals surface area contributed by atoms with Gasteiger partial charge < -0.3 is 4.90 Å². The first-order valence-corrected chi connectivity index (χ1v) is 6.76. The second kappa shape index (κ2) is 5.21. The Hall–Kier alpha value is -0.830. The summed E-state index contributed by atoms with van der Waals surface area (Å²) in [5.41, 5.74) is 1.08. The van der Waals surface area contributed by atoms with Gasteiger partial charge in [-0.3, -0.25) is 0 Å². The molecule has 0 atom stereocenters. The molecule has 0 aromatic carbocycles. The van der Waals surface area contributed by atoms with E-state index in [9.17, 15) is 0 Å². The molecule has 1 aromatic rings. The minimum Gasteiger partial charge on any atom is -0.356 e. The predicted octanol–water partition coefficient (Wildman–Crippen LogP) is 3.49. The number of hydrogen-bond donors (Lipinski definition) is 0. The molecule has 1 heterocycles. The number of hydrogen-bond acceptors (Lipinski definition) is 3. The Morgan fingerprint density at radius 1 is 1.41 bits per heavy atom. The van der Waals surface area contributed by atoms with Gasteiger partial charge in [0.25, 0.3) is 0 Å². The molecule has 0 aliphatic heterocycles. The molecule has 1 aromatic heterocycles. The first kappa shape index (κ1) is 12.6. The minimum absolute atomic E-state index is 0.354. The van der Waals surface area contributed by atoms with Gasteiger partial charge in [-0.2, -0.15) is 0 Å². The first-order chi connectivity index (χ1) is 8.13. The van der Waals surface area contributed by atoms with Crippen LogP contribution < -0.4 is 4.90 Å². The van der Waals surface area contributed by atoms with Crippen LogP contribution >= 0.6 is 11.6 Å². The topological polar surface area (TPSA) is 29.0 Å². The lowest BCUT2D eigenvalue weighted by atomic mass is 10.1. The number of aromatic nitrogens is 2. The van der Waals surface area contributed by atoms with E-state index in [4.69, 9.17) is 11.6 Å². The molecular weight excluding hydrogens is 234 g/mol. The van der Waals surface area contributed by atoms with Gasteiger partial charge in [-0.1, -0.05) is 25.4 Å². The van der Waals surface area contributed by atoms with Gasteiger partial charge in [0.15, 0.2) is 0 Å². The Balaban J connectivity index is 2.30. The van der Waals surface area contributed by atoms with Gasteiger partial charge in [-0.05, 0) is 31.6 Å². The van der Waals surface area contributed by atoms with E-state index in [0.717, 1.165) is 30.4 Å². The number of nitrogens with zero attached hydrogens (tertiary/aromatic N) is 3. The molecule has 0 amide bonds. The van der Waals surface area contributed by atoms with E-state index in [1.807, 2.05) is 0 Å². The van der Waals surface area contributed by atoms with E-state index < -0.39 is 0 Å². The Kier molecular flexibility index (Phi) is 3.87. The van der Waals surface area contributed by atoms with Gasteiger partial charge in [0.2, 0.25) is 0 Å². The molecule has 1 aliphatic rings. The third-order valence-corrected chi connectivity index (χ3v) is 3.55. The summed E-state index contributed by atoms with van der Waals surface area (Å²) in [6.07, 6.45) is 4.28. The van der Waals surface area contributed by atoms with Gasteiger partial charge in [0, 0.05) is 18.7 Å². The summed E-state index contributed by atoms with van der Waals surface area (Å²) in [6, 6.07) is 0. The molecule has 4 heteroatoms. The van der Waals surface area contributed by atoms with Crippen LogP contribution in [0.5, 0.6) is 0 Å². The second-order valence-corrected chi connectivity index (χ2v) is 5.40. The highest BCUT2D eigenvalue weighted by atomic mass is 35.5. The van der Waals surface area contributed by atoms with Crippen LogP contribution in [0.15, 0.2) is 6.33 Å². The van der Waals surface area contributed by atoms with Crippen molar-refractivity contribution in [2.75, 3.05) is 18.0 Å². The fraction of sp³-hybridized carbons (Fsp3) is 0.692. The Morgan fingerprint density at radius 3 is 2.65 bits per heavy atom. The second-order valence-electron chi connectivity index (χ2n) is 5.04. The third-order valence-electron chi connectivity index (χ3n) is 3.25. The predicted molar refractivity (Wildman–Crippen MR) is 71.7 cm³/mol. The monoisotopic (exact) mass is 253 g/mol. The molecule has 94 valence electrons. The fourth-order valence-corrected chi connectivity index (χ4v) is 2.44. The summed E-state index contributed by atoms with van der Waals surface area (Å²) in [6.45, 7) is 8.52. The molecule has 0 N–H and O–H groups in total. The quantitative estimate of drug-likeness (QED) is 0.753. The lowest BCUT2D eigenvalue weighted by Crippen LogP contribution is -2.27. The highest BCUT2D eigenvalue weighted by Crippen LogP contribution is 2.34. The van der Waals surface area contributed by atoms with Crippen molar-refractivity contribution < 1.29 is 0 Å². The lowest BCUT2D eigenvalue weighted by Gasteiger charge is -2.25. The zero-order chi connectivity index (χ0) is 12.4. The van der Waals surface area contributed by atoms with Gasteiger partial charge in [-0.15, -0.1) is 0 Å². The van der Waals surface area contributed by atoms with Crippen LogP contribution in [0, 0.1) is 5.92 Å². The molecule has 3 nitrogen and oxygen atoms in total. The maximum atomic E-state index is 6.20. The molecule has 0 saturated heterocycles. The van der Waals surface area contributed by atoms with Crippen molar-refractivity contribution in [2.24, 2.45) is 5.92 Å². The van der Waals surface area contributed by atoms with E-state index >= 15 is 0 Å². The first-order valence-electron chi connectivity index (χ1n) is 6.38. The van der Waals surface area contributed by atoms with Gasteiger partial charge >= 0.3 is 0 Å². The summed E-state index contributed by atoms with van der Waals surface area (Å²) in [4.78, 5) is 10.9. The molecule has 0 radical (unpaired) electrons. The van der Waals surface area contributed by atoms with Crippen LogP contribution in [-0.4, -0.2) is 23.1 Å². The van der Waals surface area contributed by atoms with Crippen LogP contribution in [0.25, 0.3) is 0 Å². The molecule has 1 saturated carbocycles. The number of halogens is 1. The highest BCUT2D eigenvalue weighted by molar-refractivity contribution is 6.30. The minimum atomic E-state index is 0.354. The SMILES string of the molecule is CCN(CC1CC1)c1ncnc(Cl)c1C(C)C. The zero-order valence-corrected chi connectivity index (χ0v) is 11.5. The largest absolute Gasteiger partial charge is 0.356 e. The molecular formula is C13H20ClN3. The van der Waals surface area contributed by atoms with Crippen molar-refractivity contribution in [1.82, 2.24) is 9.97 Å². The van der Waals surface area contributed by atoms with E-state index in [1.165, 1.54) is 12.8 Å². The Labute approximate surface area is 108 Å². The fourth-order valence-electron chi connectivity index (χ4n) is 2.09. The van der Waals surface area contributed by atoms with Crippen LogP contribution in [0.2, 0.25) is 5.15 Å². The highest BCUT2D eigenvalue weighted by Gasteiger charge is 2.26. The number of rotatable bonds is 5. The third kappa shape index (κ3) is 2.89. The zero-order valence-electron chi connectivity index (χ0n) is 10.8. The molecule has 1 fully saturated rings. The van der Waals surface area contributed by atoms with Crippen LogP contribution in [0.4, 0.5) is 5.82 Å². The van der Waals surface area contributed by atoms with E-state index in [0.29, 0.717) is 11.1 Å². The Morgan fingerprint density at radius 2 is 2.12 bits per heavy atom. The van der Waals surface area contributed by atoms with Crippen molar-refractivity contribution >= 4 is 17.4 Å². The number of anilines is 1. The normalized spacial score (nSPS) is 15.4. The molecule has 1 aliphatic carbocycles. The molecule has 0 unspecified atom stereocenters. The van der Waals surface area contributed by atoms with Crippen LogP contribution in [0.1, 0.15) is 45.1 Å². The maximum absolute atomic E-state index is 6.20. The summed E-state index contributed by atoms with van der Waals surface area (Å²) in [5, 5.41) is 0.597. The van der Waals surface area contributed by atoms with E-state index in [1.54, 1.807) is 6.33 Å². The van der Waals surface area contributed by atoms with Crippen molar-refractivity contribution in [3.63, 3.8) is 0 Å². The van der Waals surface area contributed by atoms with E-state index in [2.05, 4.69) is 35.6 Å². The molecule has 0 spiro atoms. The summed E-state index contributed by atoms with van der Waals surface area (Å²) in [5.74, 6) is 2.23. The lowest BCUT2D eigenvalue weighted by molar-refractivity contribution is 0.715. The summed E-state index contributed by atoms with van der Waals surface area (Å²) < 4.78 is 0. The van der Waals surface area contributed by atoms with Gasteiger partial charge in [0.1, 0.15) is 17.3 Å². The molecule has 0 bridgehead atoms. The van der Waals surface area contributed by atoms with Crippen molar-refractivity contribution in [2.45, 2.75) is 39.5 Å². The van der Waals surface area contributed by atoms with Crippen molar-refractivity contribution in [3.8, 4) is 0 Å². The molecule has 17 heavy (non-hydrogen) atoms. The smallest absolute Gasteiger partial charge is 0.138 e. The van der Waals surface area contributed by atoms with E-state index in [-0.39, 0.29) is 0 Å². The average Bonchev–Trinajstić information content (AvgIpc) is 3.08. The maximum Gasteiger partial charge on any atom is 0.138 e. The Bertz CT molecular complexity index is 388. The van der Waals surface area contributed by atoms with Crippen LogP contribution in [-0.2, 0) is 0 Å². The summed E-state index contributed by atoms with van der Waals surface area (Å²) in [7, 11) is 0. The average molecular weight is 254 g/mol. The van der Waals surface area contributed by atoms with Crippen molar-refractivity contribution in [1.29, 1.82) is 0 Å². The van der Waals surface area contributed by atoms with Crippen LogP contribution in [0.3, 0.4) is 0 Å². The van der Waals surface area contributed by atoms with Gasteiger partial charge in [-0.25, -0.2) is 9.97 Å². The standard InChI is InChI=1S/C13H20ClN3/c1-4-17(7-10-5-6-10)13-11(9(2)3)12(14)15-8-16-13/h8-10H,4-7H2,1-3H3. The summed E-state index contributed by atoms with van der Waals surface area (Å²) >= 11 is 6.20. The van der Waals surface area contributed by atoms with Gasteiger partial charge in [0.05, 0.1) is 0 Å².